The summed E-state index contributed by atoms with van der Waals surface area (Å²) in [5.41, 5.74) is 8.27. The van der Waals surface area contributed by atoms with Crippen LogP contribution in [0.25, 0.3) is 74.7 Å². The largest absolute Gasteiger partial charge is 0.310 e. The molecule has 1 nitrogen and oxygen atoms in total. The van der Waals surface area contributed by atoms with Gasteiger partial charge in [-0.1, -0.05) is 140 Å². The summed E-state index contributed by atoms with van der Waals surface area (Å²) in [6.45, 7) is 0. The normalized spacial score (nSPS) is 11.6. The third kappa shape index (κ3) is 4.84. The van der Waals surface area contributed by atoms with Gasteiger partial charge >= 0.3 is 0 Å². The lowest BCUT2D eigenvalue weighted by atomic mass is 9.99. The zero-order valence-corrected chi connectivity index (χ0v) is 28.1. The van der Waals surface area contributed by atoms with Crippen molar-refractivity contribution in [2.75, 3.05) is 4.90 Å². The lowest BCUT2D eigenvalue weighted by Gasteiger charge is -2.27. The molecule has 0 saturated carbocycles. The number of thiophene rings is 1. The first-order valence-corrected chi connectivity index (χ1v) is 17.9. The van der Waals surface area contributed by atoms with Crippen LogP contribution >= 0.6 is 11.3 Å². The SMILES string of the molecule is c1cc(-c2ccc3ccccc3c2)cc(N(c2ccc(-c3cccc4c3sc3ccccc34)cc2)c2ccc3c(ccc4ccccc43)c2)c1. The van der Waals surface area contributed by atoms with Gasteiger partial charge in [0.1, 0.15) is 0 Å². The minimum atomic E-state index is 1.12. The highest BCUT2D eigenvalue weighted by Gasteiger charge is 2.16. The Labute approximate surface area is 294 Å². The van der Waals surface area contributed by atoms with Crippen LogP contribution in [0.5, 0.6) is 0 Å². The van der Waals surface area contributed by atoms with E-state index in [0.717, 1.165) is 17.1 Å². The second-order valence-corrected chi connectivity index (χ2v) is 14.0. The number of fused-ring (bicyclic) bond motifs is 7. The number of hydrogen-bond acceptors (Lipinski definition) is 2. The number of benzene rings is 9. The van der Waals surface area contributed by atoms with Gasteiger partial charge in [0, 0.05) is 37.2 Å². The minimum Gasteiger partial charge on any atom is -0.310 e. The van der Waals surface area contributed by atoms with E-state index in [2.05, 4.69) is 193 Å². The summed E-state index contributed by atoms with van der Waals surface area (Å²) < 4.78 is 2.66. The Balaban J connectivity index is 1.11. The van der Waals surface area contributed by atoms with E-state index < -0.39 is 0 Å². The van der Waals surface area contributed by atoms with E-state index in [0.29, 0.717) is 0 Å². The molecule has 1 heterocycles. The summed E-state index contributed by atoms with van der Waals surface area (Å²) in [6.07, 6.45) is 0. The van der Waals surface area contributed by atoms with Crippen LogP contribution in [0.15, 0.2) is 188 Å². The van der Waals surface area contributed by atoms with Crippen molar-refractivity contribution in [3.63, 3.8) is 0 Å². The highest BCUT2D eigenvalue weighted by Crippen LogP contribution is 2.42. The molecule has 0 bridgehead atoms. The molecule has 0 atom stereocenters. The Bertz CT molecular complexity index is 2880. The zero-order chi connectivity index (χ0) is 33.0. The van der Waals surface area contributed by atoms with E-state index in [9.17, 15) is 0 Å². The van der Waals surface area contributed by atoms with Crippen LogP contribution in [-0.4, -0.2) is 0 Å². The van der Waals surface area contributed by atoms with Crippen molar-refractivity contribution in [3.05, 3.63) is 188 Å². The summed E-state index contributed by atoms with van der Waals surface area (Å²) in [5.74, 6) is 0. The molecule has 0 spiro atoms. The minimum absolute atomic E-state index is 1.12. The van der Waals surface area contributed by atoms with Gasteiger partial charge < -0.3 is 4.90 Å². The Morgan fingerprint density at radius 1 is 0.320 bits per heavy atom. The summed E-state index contributed by atoms with van der Waals surface area (Å²) >= 11 is 1.88. The first-order chi connectivity index (χ1) is 24.8. The van der Waals surface area contributed by atoms with Crippen molar-refractivity contribution in [2.24, 2.45) is 0 Å². The molecule has 50 heavy (non-hydrogen) atoms. The molecule has 2 heteroatoms. The van der Waals surface area contributed by atoms with Crippen molar-refractivity contribution in [3.8, 4) is 22.3 Å². The quantitative estimate of drug-likeness (QED) is 0.167. The monoisotopic (exact) mass is 653 g/mol. The van der Waals surface area contributed by atoms with Gasteiger partial charge in [-0.05, 0) is 103 Å². The van der Waals surface area contributed by atoms with E-state index in [1.807, 2.05) is 11.3 Å². The summed E-state index contributed by atoms with van der Waals surface area (Å²) in [5, 5.41) is 10.2. The molecule has 10 rings (SSSR count). The van der Waals surface area contributed by atoms with Gasteiger partial charge in [-0.2, -0.15) is 0 Å². The first-order valence-electron chi connectivity index (χ1n) is 17.1. The van der Waals surface area contributed by atoms with Crippen molar-refractivity contribution in [1.82, 2.24) is 0 Å². The van der Waals surface area contributed by atoms with E-state index >= 15 is 0 Å². The summed E-state index contributed by atoms with van der Waals surface area (Å²) in [4.78, 5) is 2.39. The second kappa shape index (κ2) is 11.7. The highest BCUT2D eigenvalue weighted by atomic mass is 32.1. The van der Waals surface area contributed by atoms with Crippen LogP contribution < -0.4 is 4.90 Å². The van der Waals surface area contributed by atoms with Gasteiger partial charge in [-0.25, -0.2) is 0 Å². The molecule has 234 valence electrons. The van der Waals surface area contributed by atoms with Crippen LogP contribution in [0, 0.1) is 0 Å². The fraction of sp³-hybridized carbons (Fsp3) is 0. The van der Waals surface area contributed by atoms with Crippen LogP contribution in [0.3, 0.4) is 0 Å². The van der Waals surface area contributed by atoms with Crippen LogP contribution in [0.2, 0.25) is 0 Å². The number of hydrogen-bond donors (Lipinski definition) is 0. The van der Waals surface area contributed by atoms with E-state index in [1.165, 1.54) is 74.7 Å². The maximum absolute atomic E-state index is 2.39. The van der Waals surface area contributed by atoms with E-state index in [1.54, 1.807) is 0 Å². The van der Waals surface area contributed by atoms with Crippen molar-refractivity contribution in [1.29, 1.82) is 0 Å². The average Bonchev–Trinajstić information content (AvgIpc) is 3.57. The molecule has 9 aromatic carbocycles. The molecular formula is C48H31NS. The Kier molecular flexibility index (Phi) is 6.75. The summed E-state index contributed by atoms with van der Waals surface area (Å²) in [7, 11) is 0. The average molecular weight is 654 g/mol. The zero-order valence-electron chi connectivity index (χ0n) is 27.3. The van der Waals surface area contributed by atoms with E-state index in [4.69, 9.17) is 0 Å². The van der Waals surface area contributed by atoms with E-state index in [-0.39, 0.29) is 0 Å². The third-order valence-corrected chi connectivity index (χ3v) is 11.2. The maximum atomic E-state index is 2.39. The van der Waals surface area contributed by atoms with Crippen molar-refractivity contribution < 1.29 is 0 Å². The van der Waals surface area contributed by atoms with Gasteiger partial charge in [0.05, 0.1) is 0 Å². The van der Waals surface area contributed by atoms with Gasteiger partial charge in [0.25, 0.3) is 0 Å². The molecule has 0 amide bonds. The van der Waals surface area contributed by atoms with Crippen molar-refractivity contribution >= 4 is 80.9 Å². The Hall–Kier alpha value is -6.22. The molecule has 0 aliphatic heterocycles. The Morgan fingerprint density at radius 2 is 0.940 bits per heavy atom. The van der Waals surface area contributed by atoms with Gasteiger partial charge in [0.15, 0.2) is 0 Å². The molecule has 0 fully saturated rings. The number of anilines is 3. The van der Waals surface area contributed by atoms with Gasteiger partial charge in [-0.3, -0.25) is 0 Å². The fourth-order valence-corrected chi connectivity index (χ4v) is 8.78. The molecule has 0 saturated heterocycles. The molecule has 10 aromatic rings. The molecule has 0 aliphatic rings. The van der Waals surface area contributed by atoms with Gasteiger partial charge in [-0.15, -0.1) is 11.3 Å². The van der Waals surface area contributed by atoms with Crippen molar-refractivity contribution in [2.45, 2.75) is 0 Å². The fourth-order valence-electron chi connectivity index (χ4n) is 7.54. The molecule has 0 unspecified atom stereocenters. The number of nitrogens with zero attached hydrogens (tertiary/aromatic N) is 1. The molecular weight excluding hydrogens is 623 g/mol. The van der Waals surface area contributed by atoms with Crippen LogP contribution in [0.1, 0.15) is 0 Å². The lowest BCUT2D eigenvalue weighted by molar-refractivity contribution is 1.29. The predicted molar refractivity (Wildman–Crippen MR) is 217 cm³/mol. The van der Waals surface area contributed by atoms with Crippen LogP contribution in [-0.2, 0) is 0 Å². The Morgan fingerprint density at radius 3 is 1.84 bits per heavy atom. The van der Waals surface area contributed by atoms with Crippen LogP contribution in [0.4, 0.5) is 17.1 Å². The standard InChI is InChI=1S/C48H31NS/c1-2-11-35-29-37(21-19-32(35)9-1)36-12-7-13-40(30-36)49(41-27-28-43-38(31-41)22-20-33-10-3-4-14-42(33)43)39-25-23-34(24-26-39)44-16-8-17-46-45-15-5-6-18-47(45)50-48(44)46/h1-31H. The molecule has 0 radical (unpaired) electrons. The third-order valence-electron chi connectivity index (χ3n) is 10.0. The molecule has 0 aliphatic carbocycles. The highest BCUT2D eigenvalue weighted by molar-refractivity contribution is 7.26. The predicted octanol–water partition coefficient (Wildman–Crippen LogP) is 14.3. The number of rotatable bonds is 5. The first kappa shape index (κ1) is 28.8. The molecule has 1 aromatic heterocycles. The molecule has 0 N–H and O–H groups in total. The smallest absolute Gasteiger partial charge is 0.0468 e. The van der Waals surface area contributed by atoms with Gasteiger partial charge in [0.2, 0.25) is 0 Å². The maximum Gasteiger partial charge on any atom is 0.0468 e. The summed E-state index contributed by atoms with van der Waals surface area (Å²) in [6, 6.07) is 68.8. The topological polar surface area (TPSA) is 3.24 Å². The lowest BCUT2D eigenvalue weighted by Crippen LogP contribution is -2.10. The second-order valence-electron chi connectivity index (χ2n) is 13.0.